The van der Waals surface area contributed by atoms with Gasteiger partial charge in [0.25, 0.3) is 0 Å². The van der Waals surface area contributed by atoms with Crippen molar-refractivity contribution >= 4 is 17.0 Å². The zero-order chi connectivity index (χ0) is 16.9. The van der Waals surface area contributed by atoms with Gasteiger partial charge in [-0.3, -0.25) is 0 Å². The maximum Gasteiger partial charge on any atom is 0.315 e. The van der Waals surface area contributed by atoms with Crippen LogP contribution in [0.25, 0.3) is 11.0 Å². The molecule has 0 saturated carbocycles. The van der Waals surface area contributed by atoms with E-state index in [-0.39, 0.29) is 6.03 Å². The zero-order valence-electron chi connectivity index (χ0n) is 13.9. The first-order valence-electron chi connectivity index (χ1n) is 8.04. The van der Waals surface area contributed by atoms with Crippen LogP contribution in [0.1, 0.15) is 22.4 Å². The number of hydrogen-bond acceptors (Lipinski definition) is 3. The molecule has 0 fully saturated rings. The average molecular weight is 323 g/mol. The Morgan fingerprint density at radius 1 is 1.08 bits per heavy atom. The van der Waals surface area contributed by atoms with Gasteiger partial charge in [0.05, 0.1) is 6.54 Å². The first-order valence-corrected chi connectivity index (χ1v) is 8.04. The zero-order valence-corrected chi connectivity index (χ0v) is 13.9. The molecule has 0 atom stereocenters. The smallest absolute Gasteiger partial charge is 0.315 e. The van der Waals surface area contributed by atoms with Gasteiger partial charge in [-0.25, -0.2) is 4.79 Å². The molecule has 0 unspecified atom stereocenters. The average Bonchev–Trinajstić information content (AvgIpc) is 2.95. The van der Waals surface area contributed by atoms with Gasteiger partial charge in [-0.15, -0.1) is 0 Å². The summed E-state index contributed by atoms with van der Waals surface area (Å²) in [6.45, 7) is 5.01. The van der Waals surface area contributed by atoms with E-state index in [0.717, 1.165) is 28.6 Å². The van der Waals surface area contributed by atoms with Crippen molar-refractivity contribution in [2.24, 2.45) is 0 Å². The van der Waals surface area contributed by atoms with Crippen LogP contribution in [0.15, 0.2) is 47.0 Å². The molecule has 0 saturated heterocycles. The monoisotopic (exact) mass is 323 g/mol. The number of rotatable bonds is 5. The standard InChI is InChI=1S/C19H21N3O2/c1-13-4-3-5-15(10-13)8-9-20-19(23)21-12-17-16-11-14(2)6-7-18(16)24-22-17/h3-7,10-11H,8-9,12H2,1-2H3,(H2,20,21,23). The Hall–Kier alpha value is -2.82. The van der Waals surface area contributed by atoms with E-state index in [9.17, 15) is 4.79 Å². The van der Waals surface area contributed by atoms with E-state index in [0.29, 0.717) is 13.1 Å². The van der Waals surface area contributed by atoms with Gasteiger partial charge in [0, 0.05) is 11.9 Å². The minimum Gasteiger partial charge on any atom is -0.356 e. The highest BCUT2D eigenvalue weighted by Crippen LogP contribution is 2.19. The van der Waals surface area contributed by atoms with Crippen LogP contribution in [0.5, 0.6) is 0 Å². The lowest BCUT2D eigenvalue weighted by atomic mass is 10.1. The molecule has 0 spiro atoms. The summed E-state index contributed by atoms with van der Waals surface area (Å²) in [6.07, 6.45) is 0.807. The summed E-state index contributed by atoms with van der Waals surface area (Å²) in [5, 5.41) is 10.7. The second kappa shape index (κ2) is 7.17. The number of urea groups is 1. The van der Waals surface area contributed by atoms with E-state index >= 15 is 0 Å². The van der Waals surface area contributed by atoms with Gasteiger partial charge in [0.15, 0.2) is 5.58 Å². The van der Waals surface area contributed by atoms with Crippen LogP contribution >= 0.6 is 0 Å². The van der Waals surface area contributed by atoms with Crippen LogP contribution < -0.4 is 10.6 Å². The summed E-state index contributed by atoms with van der Waals surface area (Å²) in [4.78, 5) is 11.9. The lowest BCUT2D eigenvalue weighted by Crippen LogP contribution is -2.36. The van der Waals surface area contributed by atoms with E-state index in [4.69, 9.17) is 4.52 Å². The summed E-state index contributed by atoms with van der Waals surface area (Å²) in [5.41, 5.74) is 5.05. The van der Waals surface area contributed by atoms with Crippen molar-refractivity contribution in [3.05, 3.63) is 64.8 Å². The first-order chi connectivity index (χ1) is 11.6. The summed E-state index contributed by atoms with van der Waals surface area (Å²) < 4.78 is 5.26. The number of amides is 2. The predicted octanol–water partition coefficient (Wildman–Crippen LogP) is 3.49. The highest BCUT2D eigenvalue weighted by atomic mass is 16.5. The molecular weight excluding hydrogens is 302 g/mol. The van der Waals surface area contributed by atoms with Gasteiger partial charge in [-0.2, -0.15) is 0 Å². The van der Waals surface area contributed by atoms with Crippen molar-refractivity contribution in [2.75, 3.05) is 6.54 Å². The molecule has 3 rings (SSSR count). The fourth-order valence-electron chi connectivity index (χ4n) is 2.64. The normalized spacial score (nSPS) is 10.8. The Bertz CT molecular complexity index is 855. The molecule has 0 bridgehead atoms. The van der Waals surface area contributed by atoms with Crippen LogP contribution in [0, 0.1) is 13.8 Å². The Morgan fingerprint density at radius 3 is 2.75 bits per heavy atom. The Balaban J connectivity index is 1.49. The largest absolute Gasteiger partial charge is 0.356 e. The van der Waals surface area contributed by atoms with Crippen LogP contribution in [0.4, 0.5) is 4.79 Å². The van der Waals surface area contributed by atoms with E-state index in [1.54, 1.807) is 0 Å². The number of aromatic nitrogens is 1. The molecule has 3 aromatic rings. The SMILES string of the molecule is Cc1cccc(CCNC(=O)NCc2noc3ccc(C)cc23)c1. The molecule has 0 aliphatic heterocycles. The molecule has 1 heterocycles. The molecule has 24 heavy (non-hydrogen) atoms. The van der Waals surface area contributed by atoms with Crippen molar-refractivity contribution < 1.29 is 9.32 Å². The fourth-order valence-corrected chi connectivity index (χ4v) is 2.64. The topological polar surface area (TPSA) is 67.2 Å². The third-order valence-corrected chi connectivity index (χ3v) is 3.90. The van der Waals surface area contributed by atoms with Gasteiger partial charge in [-0.1, -0.05) is 46.6 Å². The van der Waals surface area contributed by atoms with Crippen LogP contribution in [0.3, 0.4) is 0 Å². The van der Waals surface area contributed by atoms with Gasteiger partial charge in [0.1, 0.15) is 5.69 Å². The third kappa shape index (κ3) is 3.93. The van der Waals surface area contributed by atoms with Crippen LogP contribution in [-0.4, -0.2) is 17.7 Å². The lowest BCUT2D eigenvalue weighted by Gasteiger charge is -2.07. The molecular formula is C19H21N3O2. The van der Waals surface area contributed by atoms with E-state index < -0.39 is 0 Å². The summed E-state index contributed by atoms with van der Waals surface area (Å²) in [7, 11) is 0. The van der Waals surface area contributed by atoms with Crippen molar-refractivity contribution in [3.8, 4) is 0 Å². The van der Waals surface area contributed by atoms with Gasteiger partial charge >= 0.3 is 6.03 Å². The Kier molecular flexibility index (Phi) is 4.79. The highest BCUT2D eigenvalue weighted by molar-refractivity contribution is 5.81. The highest BCUT2D eigenvalue weighted by Gasteiger charge is 2.09. The number of nitrogens with one attached hydrogen (secondary N) is 2. The van der Waals surface area contributed by atoms with Gasteiger partial charge in [-0.05, 0) is 38.0 Å². The summed E-state index contributed by atoms with van der Waals surface area (Å²) in [5.74, 6) is 0. The summed E-state index contributed by atoms with van der Waals surface area (Å²) >= 11 is 0. The molecule has 124 valence electrons. The van der Waals surface area contributed by atoms with Crippen molar-refractivity contribution in [2.45, 2.75) is 26.8 Å². The van der Waals surface area contributed by atoms with E-state index in [2.05, 4.69) is 40.9 Å². The third-order valence-electron chi connectivity index (χ3n) is 3.90. The van der Waals surface area contributed by atoms with Gasteiger partial charge in [0.2, 0.25) is 0 Å². The molecule has 0 aliphatic carbocycles. The predicted molar refractivity (Wildman–Crippen MR) is 93.9 cm³/mol. The number of fused-ring (bicyclic) bond motifs is 1. The molecule has 5 nitrogen and oxygen atoms in total. The maximum absolute atomic E-state index is 11.9. The number of carbonyl (C=O) groups is 1. The second-order valence-corrected chi connectivity index (χ2v) is 5.98. The van der Waals surface area contributed by atoms with E-state index in [1.807, 2.05) is 31.2 Å². The number of hydrogen-bond donors (Lipinski definition) is 2. The Morgan fingerprint density at radius 2 is 1.92 bits per heavy atom. The maximum atomic E-state index is 11.9. The number of nitrogens with zero attached hydrogens (tertiary/aromatic N) is 1. The molecule has 2 N–H and O–H groups in total. The molecule has 2 amide bonds. The number of aryl methyl sites for hydroxylation is 2. The van der Waals surface area contributed by atoms with Crippen molar-refractivity contribution in [1.82, 2.24) is 15.8 Å². The minimum atomic E-state index is -0.202. The number of benzene rings is 2. The number of carbonyl (C=O) groups excluding carboxylic acids is 1. The minimum absolute atomic E-state index is 0.202. The molecule has 1 aromatic heterocycles. The first kappa shape index (κ1) is 16.1. The molecule has 2 aromatic carbocycles. The summed E-state index contributed by atoms with van der Waals surface area (Å²) in [6, 6.07) is 14.0. The van der Waals surface area contributed by atoms with Gasteiger partial charge < -0.3 is 15.2 Å². The van der Waals surface area contributed by atoms with Crippen molar-refractivity contribution in [1.29, 1.82) is 0 Å². The molecule has 0 aliphatic rings. The molecule has 5 heteroatoms. The van der Waals surface area contributed by atoms with Crippen LogP contribution in [-0.2, 0) is 13.0 Å². The quantitative estimate of drug-likeness (QED) is 0.755. The fraction of sp³-hybridized carbons (Fsp3) is 0.263. The van der Waals surface area contributed by atoms with E-state index in [1.165, 1.54) is 11.1 Å². The van der Waals surface area contributed by atoms with Crippen LogP contribution in [0.2, 0.25) is 0 Å². The second-order valence-electron chi connectivity index (χ2n) is 5.98. The van der Waals surface area contributed by atoms with Crippen molar-refractivity contribution in [3.63, 3.8) is 0 Å². The Labute approximate surface area is 141 Å². The lowest BCUT2D eigenvalue weighted by molar-refractivity contribution is 0.240. The molecule has 0 radical (unpaired) electrons.